The van der Waals surface area contributed by atoms with Crippen LogP contribution in [0.1, 0.15) is 20.3 Å². The largest absolute Gasteiger partial charge is 0.401 e. The van der Waals surface area contributed by atoms with E-state index in [-0.39, 0.29) is 42.6 Å². The summed E-state index contributed by atoms with van der Waals surface area (Å²) in [7, 11) is 0. The molecule has 0 aromatic carbocycles. The lowest BCUT2D eigenvalue weighted by Crippen LogP contribution is -2.45. The minimum Gasteiger partial charge on any atom is -0.354 e. The Kier molecular flexibility index (Phi) is 10.7. The number of carbonyl (C=O) groups excluding carboxylic acids is 1. The van der Waals surface area contributed by atoms with Gasteiger partial charge in [0, 0.05) is 13.1 Å². The topological polar surface area (TPSA) is 58.4 Å². The highest BCUT2D eigenvalue weighted by molar-refractivity contribution is 5.85. The van der Waals surface area contributed by atoms with Crippen molar-refractivity contribution in [1.29, 1.82) is 0 Å². The quantitative estimate of drug-likeness (QED) is 0.792. The van der Waals surface area contributed by atoms with E-state index in [1.54, 1.807) is 0 Å². The number of carbonyl (C=O) groups is 1. The van der Waals surface area contributed by atoms with Crippen LogP contribution in [0.2, 0.25) is 0 Å². The lowest BCUT2D eigenvalue weighted by atomic mass is 10.0. The van der Waals surface area contributed by atoms with Gasteiger partial charge in [-0.1, -0.05) is 13.8 Å². The first kappa shape index (κ1) is 23.0. The molecule has 1 aliphatic heterocycles. The second kappa shape index (κ2) is 9.71. The zero-order chi connectivity index (χ0) is 14.6. The second-order valence-electron chi connectivity index (χ2n) is 5.52. The monoisotopic (exact) mass is 353 g/mol. The van der Waals surface area contributed by atoms with Gasteiger partial charge in [-0.15, -0.1) is 24.8 Å². The van der Waals surface area contributed by atoms with E-state index in [0.29, 0.717) is 26.1 Å². The Labute approximate surface area is 135 Å². The van der Waals surface area contributed by atoms with Gasteiger partial charge >= 0.3 is 6.18 Å². The van der Waals surface area contributed by atoms with Gasteiger partial charge in [0.15, 0.2) is 0 Å². The molecule has 1 amide bonds. The van der Waals surface area contributed by atoms with Gasteiger partial charge in [0.2, 0.25) is 5.91 Å². The molecule has 1 saturated heterocycles. The van der Waals surface area contributed by atoms with E-state index >= 15 is 0 Å². The number of likely N-dealkylation sites (tertiary alicyclic amines) is 1. The summed E-state index contributed by atoms with van der Waals surface area (Å²) in [5.74, 6) is -0.111. The molecule has 0 spiro atoms. The van der Waals surface area contributed by atoms with Gasteiger partial charge in [-0.3, -0.25) is 9.69 Å². The van der Waals surface area contributed by atoms with E-state index in [1.807, 2.05) is 13.8 Å². The van der Waals surface area contributed by atoms with Gasteiger partial charge in [-0.25, -0.2) is 0 Å². The predicted molar refractivity (Wildman–Crippen MR) is 80.9 cm³/mol. The van der Waals surface area contributed by atoms with Gasteiger partial charge < -0.3 is 11.1 Å². The third kappa shape index (κ3) is 8.70. The molecule has 1 heterocycles. The summed E-state index contributed by atoms with van der Waals surface area (Å²) in [5, 5.41) is 2.72. The van der Waals surface area contributed by atoms with Gasteiger partial charge in [0.1, 0.15) is 0 Å². The van der Waals surface area contributed by atoms with Crippen LogP contribution in [-0.2, 0) is 4.79 Å². The molecule has 0 aromatic heterocycles. The van der Waals surface area contributed by atoms with Crippen molar-refractivity contribution in [3.8, 4) is 0 Å². The molecule has 1 fully saturated rings. The van der Waals surface area contributed by atoms with E-state index in [1.165, 1.54) is 4.90 Å². The van der Waals surface area contributed by atoms with E-state index in [4.69, 9.17) is 5.73 Å². The van der Waals surface area contributed by atoms with Crippen LogP contribution in [0.5, 0.6) is 0 Å². The lowest BCUT2D eigenvalue weighted by molar-refractivity contribution is -0.143. The number of hydrogen-bond donors (Lipinski definition) is 2. The molecule has 3 N–H and O–H groups in total. The molecule has 128 valence electrons. The van der Waals surface area contributed by atoms with Crippen LogP contribution in [0.3, 0.4) is 0 Å². The molecule has 0 bridgehead atoms. The number of nitrogens with zero attached hydrogens (tertiary/aromatic N) is 1. The minimum atomic E-state index is -4.15. The van der Waals surface area contributed by atoms with Gasteiger partial charge in [-0.2, -0.15) is 13.2 Å². The fourth-order valence-corrected chi connectivity index (χ4v) is 2.14. The van der Waals surface area contributed by atoms with Crippen molar-refractivity contribution in [3.05, 3.63) is 0 Å². The zero-order valence-electron chi connectivity index (χ0n) is 12.2. The van der Waals surface area contributed by atoms with Crippen LogP contribution < -0.4 is 11.1 Å². The molecule has 1 rings (SSSR count). The van der Waals surface area contributed by atoms with Crippen LogP contribution in [0.4, 0.5) is 13.2 Å². The van der Waals surface area contributed by atoms with Gasteiger partial charge in [-0.05, 0) is 24.8 Å². The molecule has 2 unspecified atom stereocenters. The Bertz CT molecular complexity index is 317. The zero-order valence-corrected chi connectivity index (χ0v) is 13.8. The van der Waals surface area contributed by atoms with Crippen LogP contribution in [0.25, 0.3) is 0 Å². The van der Waals surface area contributed by atoms with Crippen molar-refractivity contribution in [1.82, 2.24) is 10.2 Å². The minimum absolute atomic E-state index is 0. The Morgan fingerprint density at radius 1 is 1.38 bits per heavy atom. The number of alkyl halides is 3. The van der Waals surface area contributed by atoms with Crippen LogP contribution in [-0.4, -0.2) is 49.2 Å². The average molecular weight is 354 g/mol. The fourth-order valence-electron chi connectivity index (χ4n) is 2.14. The standard InChI is InChI=1S/C12H22F3N3O.2ClH/c1-8(2)10(16)11(19)17-5-9-3-4-18(6-9)7-12(13,14)15;;/h8-10H,3-7,16H2,1-2H3,(H,17,19);2*1H. The normalized spacial score (nSPS) is 20.6. The number of nitrogens with one attached hydrogen (secondary N) is 1. The van der Waals surface area contributed by atoms with Crippen molar-refractivity contribution in [2.75, 3.05) is 26.2 Å². The maximum atomic E-state index is 12.2. The maximum absolute atomic E-state index is 12.2. The van der Waals surface area contributed by atoms with Crippen LogP contribution in [0, 0.1) is 11.8 Å². The smallest absolute Gasteiger partial charge is 0.354 e. The number of hydrogen-bond acceptors (Lipinski definition) is 3. The number of rotatable bonds is 5. The van der Waals surface area contributed by atoms with E-state index < -0.39 is 18.8 Å². The Balaban J connectivity index is 0. The number of amides is 1. The number of halogens is 5. The summed E-state index contributed by atoms with van der Waals surface area (Å²) in [6.45, 7) is 4.03. The summed E-state index contributed by atoms with van der Waals surface area (Å²) in [6.07, 6.45) is -3.48. The molecule has 0 aliphatic carbocycles. The predicted octanol–water partition coefficient (Wildman–Crippen LogP) is 1.81. The third-order valence-corrected chi connectivity index (χ3v) is 3.36. The molecule has 0 saturated carbocycles. The maximum Gasteiger partial charge on any atom is 0.401 e. The summed E-state index contributed by atoms with van der Waals surface area (Å²) in [4.78, 5) is 13.0. The van der Waals surface area contributed by atoms with Crippen LogP contribution in [0.15, 0.2) is 0 Å². The lowest BCUT2D eigenvalue weighted by Gasteiger charge is -2.19. The van der Waals surface area contributed by atoms with E-state index in [2.05, 4.69) is 5.32 Å². The Morgan fingerprint density at radius 3 is 2.43 bits per heavy atom. The Morgan fingerprint density at radius 2 is 1.95 bits per heavy atom. The molecule has 0 radical (unpaired) electrons. The van der Waals surface area contributed by atoms with Crippen LogP contribution >= 0.6 is 24.8 Å². The molecular formula is C12H24Cl2F3N3O. The Hall–Kier alpha value is -0.240. The molecular weight excluding hydrogens is 330 g/mol. The SMILES string of the molecule is CC(C)C(N)C(=O)NCC1CCN(CC(F)(F)F)C1.Cl.Cl. The highest BCUT2D eigenvalue weighted by Crippen LogP contribution is 2.22. The van der Waals surface area contributed by atoms with Crippen molar-refractivity contribution in [2.24, 2.45) is 17.6 Å². The van der Waals surface area contributed by atoms with E-state index in [9.17, 15) is 18.0 Å². The molecule has 9 heteroatoms. The summed E-state index contributed by atoms with van der Waals surface area (Å²) < 4.78 is 36.6. The van der Waals surface area contributed by atoms with Crippen molar-refractivity contribution in [3.63, 3.8) is 0 Å². The highest BCUT2D eigenvalue weighted by Gasteiger charge is 2.34. The summed E-state index contributed by atoms with van der Waals surface area (Å²) >= 11 is 0. The first-order chi connectivity index (χ1) is 8.69. The van der Waals surface area contributed by atoms with E-state index in [0.717, 1.165) is 0 Å². The molecule has 4 nitrogen and oxygen atoms in total. The third-order valence-electron chi connectivity index (χ3n) is 3.36. The molecule has 2 atom stereocenters. The van der Waals surface area contributed by atoms with Crippen molar-refractivity contribution < 1.29 is 18.0 Å². The van der Waals surface area contributed by atoms with Gasteiger partial charge in [0.25, 0.3) is 0 Å². The average Bonchev–Trinajstić information content (AvgIpc) is 2.69. The van der Waals surface area contributed by atoms with Crippen molar-refractivity contribution in [2.45, 2.75) is 32.5 Å². The fraction of sp³-hybridized carbons (Fsp3) is 0.917. The van der Waals surface area contributed by atoms with Crippen molar-refractivity contribution >= 4 is 30.7 Å². The first-order valence-corrected chi connectivity index (χ1v) is 6.51. The molecule has 0 aromatic rings. The molecule has 21 heavy (non-hydrogen) atoms. The van der Waals surface area contributed by atoms with Gasteiger partial charge in [0.05, 0.1) is 12.6 Å². The molecule has 1 aliphatic rings. The highest BCUT2D eigenvalue weighted by atomic mass is 35.5. The first-order valence-electron chi connectivity index (χ1n) is 6.51. The number of nitrogens with two attached hydrogens (primary N) is 1. The summed E-state index contributed by atoms with van der Waals surface area (Å²) in [6, 6.07) is -0.562. The second-order valence-corrected chi connectivity index (χ2v) is 5.52. The summed E-state index contributed by atoms with van der Waals surface area (Å²) in [5.41, 5.74) is 5.68.